The number of aromatic nitrogens is 3. The maximum Gasteiger partial charge on any atom is 0.196 e. The molecule has 0 aliphatic heterocycles. The maximum atomic E-state index is 5.64. The summed E-state index contributed by atoms with van der Waals surface area (Å²) in [5, 5.41) is 3.84. The minimum atomic E-state index is 0.235. The number of rotatable bonds is 5. The summed E-state index contributed by atoms with van der Waals surface area (Å²) in [5.74, 6) is 0.732. The molecule has 2 rings (SSSR count). The van der Waals surface area contributed by atoms with Gasteiger partial charge in [-0.2, -0.15) is 0 Å². The molecule has 0 radical (unpaired) electrons. The summed E-state index contributed by atoms with van der Waals surface area (Å²) in [4.78, 5) is 13.6. The second-order valence-corrected chi connectivity index (χ2v) is 5.34. The molecule has 6 nitrogen and oxygen atoms in total. The van der Waals surface area contributed by atoms with Crippen molar-refractivity contribution in [3.63, 3.8) is 0 Å². The maximum absolute atomic E-state index is 5.64. The van der Waals surface area contributed by atoms with Crippen LogP contribution < -0.4 is 16.8 Å². The number of nitrogens with zero attached hydrogens (tertiary/aromatic N) is 3. The molecule has 0 aliphatic carbocycles. The molecule has 0 saturated carbocycles. The van der Waals surface area contributed by atoms with E-state index in [-0.39, 0.29) is 6.04 Å². The number of anilines is 2. The van der Waals surface area contributed by atoms with Gasteiger partial charge in [-0.15, -0.1) is 0 Å². The Hall–Kier alpha value is -1.86. The zero-order valence-electron chi connectivity index (χ0n) is 11.5. The molecule has 0 bridgehead atoms. The number of pyridine rings is 1. The highest BCUT2D eigenvalue weighted by Gasteiger charge is 2.07. The first-order chi connectivity index (χ1) is 9.58. The minimum absolute atomic E-state index is 0.235. The van der Waals surface area contributed by atoms with Crippen LogP contribution in [0.5, 0.6) is 0 Å². The molecule has 2 aromatic heterocycles. The highest BCUT2D eigenvalue weighted by molar-refractivity contribution is 7.99. The van der Waals surface area contributed by atoms with Crippen LogP contribution in [0.25, 0.3) is 0 Å². The average molecular weight is 290 g/mol. The summed E-state index contributed by atoms with van der Waals surface area (Å²) in [7, 11) is 0. The molecule has 1 unspecified atom stereocenters. The molecule has 20 heavy (non-hydrogen) atoms. The summed E-state index contributed by atoms with van der Waals surface area (Å²) >= 11 is 1.38. The predicted molar refractivity (Wildman–Crippen MR) is 81.3 cm³/mol. The first kappa shape index (κ1) is 14.5. The molecule has 0 aromatic carbocycles. The molecule has 2 aromatic rings. The number of nitrogens with one attached hydrogen (secondary N) is 1. The monoisotopic (exact) mass is 290 g/mol. The SMILES string of the molecule is CCNC(C)c1ccc(Sc2nc(N)cc(N)n2)cn1. The molecule has 1 atom stereocenters. The van der Waals surface area contributed by atoms with E-state index in [9.17, 15) is 0 Å². The fourth-order valence-electron chi connectivity index (χ4n) is 1.73. The molecule has 0 fully saturated rings. The van der Waals surface area contributed by atoms with Crippen LogP contribution in [0.4, 0.5) is 11.6 Å². The quantitative estimate of drug-likeness (QED) is 0.722. The van der Waals surface area contributed by atoms with Gasteiger partial charge in [0.05, 0.1) is 5.69 Å². The molecule has 106 valence electrons. The van der Waals surface area contributed by atoms with Crippen LogP contribution in [-0.2, 0) is 0 Å². The lowest BCUT2D eigenvalue weighted by Gasteiger charge is -2.11. The van der Waals surface area contributed by atoms with Gasteiger partial charge in [0.25, 0.3) is 0 Å². The van der Waals surface area contributed by atoms with Crippen molar-refractivity contribution in [2.45, 2.75) is 29.9 Å². The highest BCUT2D eigenvalue weighted by Crippen LogP contribution is 2.26. The van der Waals surface area contributed by atoms with Gasteiger partial charge in [0.15, 0.2) is 5.16 Å². The van der Waals surface area contributed by atoms with E-state index in [4.69, 9.17) is 11.5 Å². The summed E-state index contributed by atoms with van der Waals surface area (Å²) in [5.41, 5.74) is 12.3. The fourth-order valence-corrected chi connectivity index (χ4v) is 2.49. The van der Waals surface area contributed by atoms with Gasteiger partial charge in [-0.3, -0.25) is 4.98 Å². The van der Waals surface area contributed by atoms with E-state index < -0.39 is 0 Å². The summed E-state index contributed by atoms with van der Waals surface area (Å²) in [6.07, 6.45) is 1.80. The normalized spacial score (nSPS) is 12.3. The third-order valence-corrected chi connectivity index (χ3v) is 3.51. The van der Waals surface area contributed by atoms with Crippen LogP contribution in [-0.4, -0.2) is 21.5 Å². The van der Waals surface area contributed by atoms with Crippen LogP contribution in [0.1, 0.15) is 25.6 Å². The second-order valence-electron chi connectivity index (χ2n) is 4.30. The standard InChI is InChI=1S/C13H18N6S/c1-3-16-8(2)10-5-4-9(7-17-10)20-13-18-11(14)6-12(15)19-13/h4-8,16H,3H2,1-2H3,(H4,14,15,18,19). The van der Waals surface area contributed by atoms with E-state index in [1.165, 1.54) is 17.8 Å². The molecule has 0 saturated heterocycles. The Balaban J connectivity index is 2.10. The molecule has 0 aliphatic rings. The molecule has 0 spiro atoms. The van der Waals surface area contributed by atoms with Crippen molar-refractivity contribution in [3.8, 4) is 0 Å². The van der Waals surface area contributed by atoms with Crippen molar-refractivity contribution in [3.05, 3.63) is 30.1 Å². The Morgan fingerprint density at radius 1 is 1.25 bits per heavy atom. The summed E-state index contributed by atoms with van der Waals surface area (Å²) < 4.78 is 0. The van der Waals surface area contributed by atoms with Gasteiger partial charge in [0, 0.05) is 23.2 Å². The third kappa shape index (κ3) is 3.82. The molecule has 7 heteroatoms. The Bertz CT molecular complexity index is 551. The lowest BCUT2D eigenvalue weighted by molar-refractivity contribution is 0.582. The Morgan fingerprint density at radius 2 is 1.95 bits per heavy atom. The average Bonchev–Trinajstić information content (AvgIpc) is 2.38. The van der Waals surface area contributed by atoms with E-state index in [0.717, 1.165) is 17.1 Å². The van der Waals surface area contributed by atoms with E-state index in [1.54, 1.807) is 6.20 Å². The van der Waals surface area contributed by atoms with Crippen LogP contribution >= 0.6 is 11.8 Å². The van der Waals surface area contributed by atoms with Gasteiger partial charge in [-0.05, 0) is 37.4 Å². The number of nitrogens with two attached hydrogens (primary N) is 2. The van der Waals surface area contributed by atoms with Gasteiger partial charge in [0.2, 0.25) is 0 Å². The first-order valence-corrected chi connectivity index (χ1v) is 7.17. The topological polar surface area (TPSA) is 103 Å². The number of nitrogen functional groups attached to an aromatic ring is 2. The molecule has 5 N–H and O–H groups in total. The predicted octanol–water partition coefficient (Wildman–Crippen LogP) is 1.86. The van der Waals surface area contributed by atoms with Gasteiger partial charge in [-0.25, -0.2) is 9.97 Å². The van der Waals surface area contributed by atoms with E-state index in [1.807, 2.05) is 12.1 Å². The van der Waals surface area contributed by atoms with Crippen molar-refractivity contribution in [1.82, 2.24) is 20.3 Å². The van der Waals surface area contributed by atoms with Crippen molar-refractivity contribution in [1.29, 1.82) is 0 Å². The molecule has 2 heterocycles. The molecule has 0 amide bonds. The minimum Gasteiger partial charge on any atom is -0.383 e. The second kappa shape index (κ2) is 6.53. The summed E-state index contributed by atoms with van der Waals surface area (Å²) in [6, 6.07) is 5.75. The van der Waals surface area contributed by atoms with Crippen LogP contribution in [0.3, 0.4) is 0 Å². The Labute approximate surface area is 122 Å². The van der Waals surface area contributed by atoms with Crippen molar-refractivity contribution in [2.75, 3.05) is 18.0 Å². The zero-order chi connectivity index (χ0) is 14.5. The van der Waals surface area contributed by atoms with Gasteiger partial charge < -0.3 is 16.8 Å². The highest BCUT2D eigenvalue weighted by atomic mass is 32.2. The van der Waals surface area contributed by atoms with Crippen molar-refractivity contribution < 1.29 is 0 Å². The van der Waals surface area contributed by atoms with E-state index in [2.05, 4.69) is 34.1 Å². The number of hydrogen-bond donors (Lipinski definition) is 3. The Kier molecular flexibility index (Phi) is 4.75. The third-order valence-electron chi connectivity index (χ3n) is 2.67. The van der Waals surface area contributed by atoms with Crippen LogP contribution in [0, 0.1) is 0 Å². The lowest BCUT2D eigenvalue weighted by atomic mass is 10.2. The van der Waals surface area contributed by atoms with E-state index in [0.29, 0.717) is 16.8 Å². The molecular weight excluding hydrogens is 272 g/mol. The first-order valence-electron chi connectivity index (χ1n) is 6.35. The lowest BCUT2D eigenvalue weighted by Crippen LogP contribution is -2.18. The fraction of sp³-hybridized carbons (Fsp3) is 0.308. The van der Waals surface area contributed by atoms with Crippen LogP contribution in [0.2, 0.25) is 0 Å². The zero-order valence-corrected chi connectivity index (χ0v) is 12.3. The summed E-state index contributed by atoms with van der Waals surface area (Å²) in [6.45, 7) is 5.07. The Morgan fingerprint density at radius 3 is 2.50 bits per heavy atom. The number of hydrogen-bond acceptors (Lipinski definition) is 7. The van der Waals surface area contributed by atoms with Gasteiger partial charge >= 0.3 is 0 Å². The van der Waals surface area contributed by atoms with Crippen molar-refractivity contribution >= 4 is 23.4 Å². The van der Waals surface area contributed by atoms with E-state index >= 15 is 0 Å². The van der Waals surface area contributed by atoms with Gasteiger partial charge in [-0.1, -0.05) is 6.92 Å². The smallest absolute Gasteiger partial charge is 0.196 e. The van der Waals surface area contributed by atoms with Crippen LogP contribution in [0.15, 0.2) is 34.4 Å². The molecular formula is C13H18N6S. The van der Waals surface area contributed by atoms with Crippen molar-refractivity contribution in [2.24, 2.45) is 0 Å². The van der Waals surface area contributed by atoms with Gasteiger partial charge in [0.1, 0.15) is 11.6 Å². The largest absolute Gasteiger partial charge is 0.383 e.